The molecular formula is C27H45N5O5. The largest absolute Gasteiger partial charge is 0.492 e. The van der Waals surface area contributed by atoms with E-state index in [1.54, 1.807) is 11.9 Å². The molecule has 1 aromatic rings. The van der Waals surface area contributed by atoms with Crippen molar-refractivity contribution in [3.63, 3.8) is 0 Å². The van der Waals surface area contributed by atoms with Crippen LogP contribution in [0, 0.1) is 5.92 Å². The summed E-state index contributed by atoms with van der Waals surface area (Å²) in [4.78, 5) is 44.3. The lowest BCUT2D eigenvalue weighted by Crippen LogP contribution is -2.29. The summed E-state index contributed by atoms with van der Waals surface area (Å²) in [5.41, 5.74) is 3.12. The molecule has 1 aliphatic carbocycles. The van der Waals surface area contributed by atoms with Gasteiger partial charge in [-0.2, -0.15) is 5.48 Å². The highest BCUT2D eigenvalue weighted by Gasteiger charge is 2.07. The van der Waals surface area contributed by atoms with E-state index in [1.807, 2.05) is 6.92 Å². The van der Waals surface area contributed by atoms with E-state index in [9.17, 15) is 14.4 Å². The first-order valence-electron chi connectivity index (χ1n) is 12.5. The van der Waals surface area contributed by atoms with E-state index >= 15 is 0 Å². The van der Waals surface area contributed by atoms with Crippen molar-refractivity contribution in [2.45, 2.75) is 53.5 Å². The monoisotopic (exact) mass is 519 g/mol. The molecular weight excluding hydrogens is 474 g/mol. The number of allylic oxidation sites excluding steroid dienone is 3. The van der Waals surface area contributed by atoms with Gasteiger partial charge in [-0.05, 0) is 64.9 Å². The summed E-state index contributed by atoms with van der Waals surface area (Å²) < 4.78 is 5.64. The smallest absolute Gasteiger partial charge is 0.248 e. The zero-order chi connectivity index (χ0) is 28.2. The molecule has 1 aliphatic rings. The number of pyridine rings is 1. The van der Waals surface area contributed by atoms with E-state index in [0.717, 1.165) is 44.7 Å². The first kappa shape index (κ1) is 33.8. The number of carbonyl (C=O) groups is 3. The van der Waals surface area contributed by atoms with Gasteiger partial charge in [0.1, 0.15) is 12.4 Å². The van der Waals surface area contributed by atoms with E-state index in [4.69, 9.17) is 9.57 Å². The molecule has 1 aromatic heterocycles. The highest BCUT2D eigenvalue weighted by molar-refractivity contribution is 5.90. The molecule has 37 heavy (non-hydrogen) atoms. The molecule has 0 aromatic carbocycles. The lowest BCUT2D eigenvalue weighted by molar-refractivity contribution is -0.118. The van der Waals surface area contributed by atoms with E-state index in [-0.39, 0.29) is 17.4 Å². The third-order valence-electron chi connectivity index (χ3n) is 5.01. The molecule has 0 bridgehead atoms. The number of hydroxylamine groups is 1. The Morgan fingerprint density at radius 2 is 1.92 bits per heavy atom. The van der Waals surface area contributed by atoms with E-state index in [1.165, 1.54) is 19.2 Å². The van der Waals surface area contributed by atoms with Crippen molar-refractivity contribution in [2.24, 2.45) is 5.92 Å². The number of nitrogens with one attached hydrogen (secondary N) is 2. The number of aromatic nitrogens is 1. The van der Waals surface area contributed by atoms with Crippen LogP contribution in [-0.4, -0.2) is 80.3 Å². The third kappa shape index (κ3) is 16.2. The number of hydrogen-bond donors (Lipinski definition) is 2. The predicted molar refractivity (Wildman–Crippen MR) is 147 cm³/mol. The van der Waals surface area contributed by atoms with Crippen molar-refractivity contribution in [3.8, 4) is 5.88 Å². The third-order valence-corrected chi connectivity index (χ3v) is 5.01. The Labute approximate surface area is 222 Å². The number of carbonyl (C=O) groups excluding carboxylic acids is 3. The normalized spacial score (nSPS) is 12.8. The first-order chi connectivity index (χ1) is 17.6. The molecule has 208 valence electrons. The van der Waals surface area contributed by atoms with E-state index in [0.29, 0.717) is 23.9 Å². The fourth-order valence-corrected chi connectivity index (χ4v) is 2.79. The van der Waals surface area contributed by atoms with Crippen molar-refractivity contribution in [3.05, 3.63) is 41.8 Å². The molecule has 0 fully saturated rings. The lowest BCUT2D eigenvalue weighted by Gasteiger charge is -2.20. The number of aldehydes is 1. The number of amides is 2. The molecule has 0 spiro atoms. The minimum Gasteiger partial charge on any atom is -0.492 e. The van der Waals surface area contributed by atoms with Crippen LogP contribution in [0.5, 0.6) is 5.88 Å². The quantitative estimate of drug-likeness (QED) is 0.318. The van der Waals surface area contributed by atoms with Crippen LogP contribution in [0.4, 0.5) is 5.69 Å². The molecule has 0 saturated carbocycles. The van der Waals surface area contributed by atoms with Gasteiger partial charge in [0.15, 0.2) is 6.29 Å². The molecule has 2 N–H and O–H groups in total. The average molecular weight is 520 g/mol. The number of nitrogens with zero attached hydrogens (tertiary/aromatic N) is 3. The highest BCUT2D eigenvalue weighted by atomic mass is 16.6. The zero-order valence-corrected chi connectivity index (χ0v) is 23.6. The van der Waals surface area contributed by atoms with Gasteiger partial charge in [-0.25, -0.2) is 4.98 Å². The summed E-state index contributed by atoms with van der Waals surface area (Å²) >= 11 is 0. The van der Waals surface area contributed by atoms with Crippen LogP contribution in [0.1, 0.15) is 57.8 Å². The maximum Gasteiger partial charge on any atom is 0.248 e. The van der Waals surface area contributed by atoms with Crippen LogP contribution >= 0.6 is 0 Å². The topological polar surface area (TPSA) is 113 Å². The van der Waals surface area contributed by atoms with Crippen LogP contribution in [0.15, 0.2) is 36.3 Å². The molecule has 1 unspecified atom stereocenters. The van der Waals surface area contributed by atoms with Crippen LogP contribution in [0.3, 0.4) is 0 Å². The Morgan fingerprint density at radius 3 is 2.35 bits per heavy atom. The van der Waals surface area contributed by atoms with Crippen molar-refractivity contribution in [1.82, 2.24) is 20.3 Å². The average Bonchev–Trinajstić information content (AvgIpc) is 2.87. The number of hydrogen-bond acceptors (Lipinski definition) is 8. The second-order valence-electron chi connectivity index (χ2n) is 9.02. The summed E-state index contributed by atoms with van der Waals surface area (Å²) in [7, 11) is 5.69. The molecule has 0 aliphatic heterocycles. The fourth-order valence-electron chi connectivity index (χ4n) is 2.79. The number of rotatable bonds is 12. The van der Waals surface area contributed by atoms with Gasteiger partial charge in [-0.1, -0.05) is 19.9 Å². The Balaban J connectivity index is 0.000000543. The lowest BCUT2D eigenvalue weighted by atomic mass is 10.2. The van der Waals surface area contributed by atoms with Crippen molar-refractivity contribution >= 4 is 24.3 Å². The fraction of sp³-hybridized carbons (Fsp3) is 0.556. The molecule has 10 heteroatoms. The Bertz CT molecular complexity index is 871. The van der Waals surface area contributed by atoms with Crippen LogP contribution in [0.25, 0.3) is 0 Å². The summed E-state index contributed by atoms with van der Waals surface area (Å²) in [6.07, 6.45) is 11.5. The number of anilines is 1. The highest BCUT2D eigenvalue weighted by Crippen LogP contribution is 2.17. The minimum absolute atomic E-state index is 0.168. The molecule has 2 amide bonds. The summed E-state index contributed by atoms with van der Waals surface area (Å²) in [6.45, 7) is 12.2. The molecule has 1 heterocycles. The van der Waals surface area contributed by atoms with Crippen molar-refractivity contribution in [2.75, 3.05) is 46.2 Å². The van der Waals surface area contributed by atoms with Crippen LogP contribution in [0.2, 0.25) is 0 Å². The number of likely N-dealkylation sites (N-methyl/N-ethyl adjacent to an activating group) is 1. The predicted octanol–water partition coefficient (Wildman–Crippen LogP) is 3.67. The maximum atomic E-state index is 10.8. The van der Waals surface area contributed by atoms with Gasteiger partial charge in [0, 0.05) is 33.1 Å². The maximum absolute atomic E-state index is 10.8. The molecule has 1 atom stereocenters. The standard InChI is InChI=1S/C11H19NO.C9H11N3O3.C7H15NO/c1-10(12(2)3)9-13-11-7-5-4-6-8-11;1-6(14)12-8-3-7(5-13)9(11-4-8)15-10-2;1-4-8(6-9)5-7(2)3/h5,7-8,10H,4,6,9H2,1-3H3;3-5,10H,1-2H3,(H,12,14);6-7H,4-5H2,1-3H3. The van der Waals surface area contributed by atoms with Gasteiger partial charge in [-0.3, -0.25) is 14.4 Å². The first-order valence-corrected chi connectivity index (χ1v) is 12.5. The second kappa shape index (κ2) is 19.9. The van der Waals surface area contributed by atoms with Gasteiger partial charge in [0.05, 0.1) is 17.4 Å². The van der Waals surface area contributed by atoms with Gasteiger partial charge in [0.2, 0.25) is 18.2 Å². The Hall–Kier alpha value is -3.24. The number of ether oxygens (including phenoxy) is 1. The summed E-state index contributed by atoms with van der Waals surface area (Å²) in [5.74, 6) is 1.55. The molecule has 10 nitrogen and oxygen atoms in total. The second-order valence-corrected chi connectivity index (χ2v) is 9.02. The van der Waals surface area contributed by atoms with Crippen molar-refractivity contribution < 1.29 is 24.0 Å². The van der Waals surface area contributed by atoms with Gasteiger partial charge < -0.3 is 24.7 Å². The molecule has 0 saturated heterocycles. The molecule has 0 radical (unpaired) electrons. The van der Waals surface area contributed by atoms with Crippen LogP contribution in [-0.2, 0) is 14.3 Å². The van der Waals surface area contributed by atoms with Crippen LogP contribution < -0.4 is 15.6 Å². The molecule has 2 rings (SSSR count). The Kier molecular flexibility index (Phi) is 18.1. The van der Waals surface area contributed by atoms with E-state index in [2.05, 4.69) is 73.8 Å². The Morgan fingerprint density at radius 1 is 1.22 bits per heavy atom. The summed E-state index contributed by atoms with van der Waals surface area (Å²) in [6, 6.07) is 1.95. The van der Waals surface area contributed by atoms with Gasteiger partial charge in [-0.15, -0.1) is 0 Å². The minimum atomic E-state index is -0.226. The summed E-state index contributed by atoms with van der Waals surface area (Å²) in [5, 5.41) is 2.51. The van der Waals surface area contributed by atoms with Gasteiger partial charge in [0.25, 0.3) is 0 Å². The zero-order valence-electron chi connectivity index (χ0n) is 23.6. The van der Waals surface area contributed by atoms with Gasteiger partial charge >= 0.3 is 0 Å². The van der Waals surface area contributed by atoms with E-state index < -0.39 is 0 Å². The SMILES string of the molecule is CC(COC1=CCCC=C1)N(C)C.CCN(C=O)CC(C)C.CNOc1ncc(NC(C)=O)cc1C=O. The van der Waals surface area contributed by atoms with Crippen molar-refractivity contribution in [1.29, 1.82) is 0 Å².